The second-order valence-electron chi connectivity index (χ2n) is 7.13. The van der Waals surface area contributed by atoms with Crippen LogP contribution in [0.3, 0.4) is 0 Å². The molecule has 134 valence electrons. The highest BCUT2D eigenvalue weighted by atomic mass is 16.2. The molecule has 1 atom stereocenters. The molecule has 25 heavy (non-hydrogen) atoms. The number of nitrogens with one attached hydrogen (secondary N) is 1. The van der Waals surface area contributed by atoms with E-state index in [0.717, 1.165) is 43.0 Å². The summed E-state index contributed by atoms with van der Waals surface area (Å²) >= 11 is 0. The number of amides is 1. The molecule has 0 bridgehead atoms. The highest BCUT2D eigenvalue weighted by Gasteiger charge is 2.31. The molecular formula is C18H26N6O. The smallest absolute Gasteiger partial charge is 0.256 e. The van der Waals surface area contributed by atoms with Crippen molar-refractivity contribution in [3.8, 4) is 0 Å². The van der Waals surface area contributed by atoms with Crippen LogP contribution in [0, 0.1) is 0 Å². The van der Waals surface area contributed by atoms with Crippen molar-refractivity contribution in [3.05, 3.63) is 41.2 Å². The molecule has 1 amide bonds. The number of hydrogen-bond acceptors (Lipinski definition) is 5. The lowest BCUT2D eigenvalue weighted by atomic mass is 10.1. The predicted octanol–water partition coefficient (Wildman–Crippen LogP) is 2.36. The fraction of sp³-hybridized carbons (Fsp3) is 0.556. The van der Waals surface area contributed by atoms with Crippen LogP contribution < -0.4 is 0 Å². The van der Waals surface area contributed by atoms with Crippen LogP contribution >= 0.6 is 0 Å². The van der Waals surface area contributed by atoms with Crippen LogP contribution in [0.1, 0.15) is 66.1 Å². The summed E-state index contributed by atoms with van der Waals surface area (Å²) in [5, 5.41) is 7.17. The normalized spacial score (nSPS) is 18.0. The van der Waals surface area contributed by atoms with Gasteiger partial charge in [0.25, 0.3) is 5.91 Å². The Balaban J connectivity index is 1.77. The van der Waals surface area contributed by atoms with Gasteiger partial charge in [0.1, 0.15) is 5.82 Å². The van der Waals surface area contributed by atoms with Crippen LogP contribution in [0.15, 0.2) is 18.6 Å². The van der Waals surface area contributed by atoms with Gasteiger partial charge in [-0.2, -0.15) is 5.10 Å². The Hall–Kier alpha value is -2.28. The molecule has 0 spiro atoms. The van der Waals surface area contributed by atoms with Crippen LogP contribution in [-0.2, 0) is 6.54 Å². The van der Waals surface area contributed by atoms with Gasteiger partial charge in [-0.15, -0.1) is 0 Å². The molecule has 7 heteroatoms. The maximum absolute atomic E-state index is 12.4. The molecule has 1 aliphatic rings. The molecule has 1 aliphatic heterocycles. The second kappa shape index (κ2) is 7.31. The Kier molecular flexibility index (Phi) is 5.13. The molecule has 0 aromatic carbocycles. The lowest BCUT2D eigenvalue weighted by Crippen LogP contribution is -2.27. The maximum atomic E-state index is 12.4. The number of hydrogen-bond donors (Lipinski definition) is 1. The lowest BCUT2D eigenvalue weighted by Gasteiger charge is -2.24. The molecule has 2 aromatic rings. The summed E-state index contributed by atoms with van der Waals surface area (Å²) in [5.74, 6) is 1.19. The third-order valence-electron chi connectivity index (χ3n) is 4.63. The average molecular weight is 342 g/mol. The lowest BCUT2D eigenvalue weighted by molar-refractivity contribution is 0.0824. The van der Waals surface area contributed by atoms with Gasteiger partial charge in [0.2, 0.25) is 0 Å². The Morgan fingerprint density at radius 2 is 2.04 bits per heavy atom. The highest BCUT2D eigenvalue weighted by molar-refractivity contribution is 5.94. The van der Waals surface area contributed by atoms with E-state index in [-0.39, 0.29) is 11.9 Å². The molecule has 0 aliphatic carbocycles. The fourth-order valence-electron chi connectivity index (χ4n) is 3.28. The number of carbonyl (C=O) groups is 1. The van der Waals surface area contributed by atoms with Crippen molar-refractivity contribution < 1.29 is 4.79 Å². The molecule has 0 saturated carbocycles. The summed E-state index contributed by atoms with van der Waals surface area (Å²) in [6.07, 6.45) is 7.58. The first-order valence-corrected chi connectivity index (χ1v) is 8.77. The Morgan fingerprint density at radius 3 is 2.68 bits per heavy atom. The third-order valence-corrected chi connectivity index (χ3v) is 4.63. The monoisotopic (exact) mass is 342 g/mol. The van der Waals surface area contributed by atoms with E-state index in [1.54, 1.807) is 25.2 Å². The molecule has 1 saturated heterocycles. The van der Waals surface area contributed by atoms with Crippen molar-refractivity contribution in [2.45, 2.75) is 45.2 Å². The summed E-state index contributed by atoms with van der Waals surface area (Å²) in [7, 11) is 3.53. The summed E-state index contributed by atoms with van der Waals surface area (Å²) in [6.45, 7) is 5.95. The van der Waals surface area contributed by atoms with E-state index in [0.29, 0.717) is 11.5 Å². The highest BCUT2D eigenvalue weighted by Crippen LogP contribution is 2.33. The molecule has 7 nitrogen and oxygen atoms in total. The Bertz CT molecular complexity index is 721. The van der Waals surface area contributed by atoms with Gasteiger partial charge in [0, 0.05) is 44.5 Å². The first kappa shape index (κ1) is 17.5. The van der Waals surface area contributed by atoms with Gasteiger partial charge < -0.3 is 4.90 Å². The Labute approximate surface area is 148 Å². The largest absolute Gasteiger partial charge is 0.345 e. The van der Waals surface area contributed by atoms with Crippen molar-refractivity contribution in [2.75, 3.05) is 20.6 Å². The van der Waals surface area contributed by atoms with Crippen molar-refractivity contribution in [3.63, 3.8) is 0 Å². The number of aromatic nitrogens is 4. The van der Waals surface area contributed by atoms with Gasteiger partial charge in [-0.05, 0) is 19.4 Å². The van der Waals surface area contributed by atoms with Crippen molar-refractivity contribution >= 4 is 5.91 Å². The van der Waals surface area contributed by atoms with Gasteiger partial charge in [-0.1, -0.05) is 13.8 Å². The maximum Gasteiger partial charge on any atom is 0.256 e. The predicted molar refractivity (Wildman–Crippen MR) is 95.1 cm³/mol. The van der Waals surface area contributed by atoms with Gasteiger partial charge in [-0.3, -0.25) is 14.8 Å². The molecule has 3 heterocycles. The van der Waals surface area contributed by atoms with Gasteiger partial charge in [0.15, 0.2) is 0 Å². The summed E-state index contributed by atoms with van der Waals surface area (Å²) < 4.78 is 0. The van der Waals surface area contributed by atoms with E-state index < -0.39 is 0 Å². The summed E-state index contributed by atoms with van der Waals surface area (Å²) in [5.41, 5.74) is 2.67. The van der Waals surface area contributed by atoms with Gasteiger partial charge in [-0.25, -0.2) is 9.97 Å². The minimum atomic E-state index is -0.0137. The van der Waals surface area contributed by atoms with Crippen molar-refractivity contribution in [1.82, 2.24) is 30.0 Å². The SMILES string of the molecule is CC(C)c1ncc(CN2CCC[C@H]2c2[nH]ncc2C(=O)N(C)C)cn1. The molecule has 0 radical (unpaired) electrons. The second-order valence-corrected chi connectivity index (χ2v) is 7.13. The van der Waals surface area contributed by atoms with E-state index in [2.05, 4.69) is 38.9 Å². The first-order valence-electron chi connectivity index (χ1n) is 8.77. The molecular weight excluding hydrogens is 316 g/mol. The first-order chi connectivity index (χ1) is 12.0. The van der Waals surface area contributed by atoms with Crippen molar-refractivity contribution in [1.29, 1.82) is 0 Å². The minimum absolute atomic E-state index is 0.0137. The Morgan fingerprint density at radius 1 is 1.32 bits per heavy atom. The van der Waals surface area contributed by atoms with Crippen LogP contribution in [-0.4, -0.2) is 56.5 Å². The number of carbonyl (C=O) groups excluding carboxylic acids is 1. The zero-order valence-electron chi connectivity index (χ0n) is 15.4. The quantitative estimate of drug-likeness (QED) is 0.902. The standard InChI is InChI=1S/C18H26N6O/c1-12(2)17-19-8-13(9-20-17)11-24-7-5-6-15(24)16-14(10-21-22-16)18(25)23(3)4/h8-10,12,15H,5-7,11H2,1-4H3,(H,21,22)/t15-/m0/s1. The fourth-order valence-corrected chi connectivity index (χ4v) is 3.28. The summed E-state index contributed by atoms with van der Waals surface area (Å²) in [4.78, 5) is 25.3. The van der Waals surface area contributed by atoms with Gasteiger partial charge >= 0.3 is 0 Å². The van der Waals surface area contributed by atoms with Gasteiger partial charge in [0.05, 0.1) is 23.5 Å². The van der Waals surface area contributed by atoms with E-state index in [9.17, 15) is 4.79 Å². The van der Waals surface area contributed by atoms with Crippen LogP contribution in [0.4, 0.5) is 0 Å². The van der Waals surface area contributed by atoms with E-state index in [1.165, 1.54) is 0 Å². The number of likely N-dealkylation sites (tertiary alicyclic amines) is 1. The van der Waals surface area contributed by atoms with E-state index >= 15 is 0 Å². The number of H-pyrrole nitrogens is 1. The number of aromatic amines is 1. The molecule has 1 N–H and O–H groups in total. The minimum Gasteiger partial charge on any atom is -0.345 e. The molecule has 1 fully saturated rings. The van der Waals surface area contributed by atoms with Crippen LogP contribution in [0.2, 0.25) is 0 Å². The zero-order valence-corrected chi connectivity index (χ0v) is 15.4. The van der Waals surface area contributed by atoms with Crippen molar-refractivity contribution in [2.24, 2.45) is 0 Å². The average Bonchev–Trinajstić information content (AvgIpc) is 3.23. The topological polar surface area (TPSA) is 78.0 Å². The van der Waals surface area contributed by atoms with E-state index in [1.807, 2.05) is 12.4 Å². The number of nitrogens with zero attached hydrogens (tertiary/aromatic N) is 5. The molecule has 0 unspecified atom stereocenters. The van der Waals surface area contributed by atoms with Crippen LogP contribution in [0.25, 0.3) is 0 Å². The van der Waals surface area contributed by atoms with Crippen LogP contribution in [0.5, 0.6) is 0 Å². The molecule has 2 aromatic heterocycles. The molecule has 3 rings (SSSR count). The summed E-state index contributed by atoms with van der Waals surface area (Å²) in [6, 6.07) is 0.172. The van der Waals surface area contributed by atoms with E-state index in [4.69, 9.17) is 0 Å². The number of rotatable bonds is 5. The zero-order chi connectivity index (χ0) is 18.0. The third kappa shape index (κ3) is 3.71.